The van der Waals surface area contributed by atoms with E-state index in [4.69, 9.17) is 5.11 Å². The lowest BCUT2D eigenvalue weighted by Crippen LogP contribution is -2.49. The summed E-state index contributed by atoms with van der Waals surface area (Å²) in [5, 5.41) is 14.8. The summed E-state index contributed by atoms with van der Waals surface area (Å²) < 4.78 is 0. The zero-order valence-electron chi connectivity index (χ0n) is 8.45. The highest BCUT2D eigenvalue weighted by Gasteiger charge is 2.20. The minimum Gasteiger partial charge on any atom is -0.396 e. The molecule has 0 spiro atoms. The first-order valence-electron chi connectivity index (χ1n) is 4.93. The molecule has 1 heterocycles. The van der Waals surface area contributed by atoms with Gasteiger partial charge in [0.2, 0.25) is 5.91 Å². The third-order valence-corrected chi connectivity index (χ3v) is 3.24. The molecule has 0 radical (unpaired) electrons. The first-order valence-corrected chi connectivity index (χ1v) is 6.09. The number of aliphatic hydroxyl groups excluding tert-OH is 1. The summed E-state index contributed by atoms with van der Waals surface area (Å²) in [4.78, 5) is 11.5. The van der Waals surface area contributed by atoms with Crippen LogP contribution in [0.3, 0.4) is 0 Å². The maximum atomic E-state index is 11.5. The Morgan fingerprint density at radius 2 is 2.57 bits per heavy atom. The van der Waals surface area contributed by atoms with E-state index in [-0.39, 0.29) is 24.5 Å². The number of aliphatic hydroxyl groups is 1. The van der Waals surface area contributed by atoms with Crippen LogP contribution in [0, 0.1) is 5.92 Å². The van der Waals surface area contributed by atoms with Gasteiger partial charge in [-0.25, -0.2) is 0 Å². The van der Waals surface area contributed by atoms with Gasteiger partial charge in [0.25, 0.3) is 0 Å². The van der Waals surface area contributed by atoms with E-state index in [0.29, 0.717) is 6.54 Å². The van der Waals surface area contributed by atoms with E-state index in [1.165, 1.54) is 0 Å². The fraction of sp³-hybridized carbons (Fsp3) is 0.889. The Balaban J connectivity index is 2.19. The normalized spacial score (nSPS) is 24.3. The number of hydrogen-bond acceptors (Lipinski definition) is 4. The maximum Gasteiger partial charge on any atom is 0.238 e. The number of hydrogen-bond donors (Lipinski definition) is 3. The summed E-state index contributed by atoms with van der Waals surface area (Å²) in [6.07, 6.45) is 0. The molecule has 0 saturated carbocycles. The number of thioether (sulfide) groups is 1. The summed E-state index contributed by atoms with van der Waals surface area (Å²) in [5.74, 6) is 2.11. The van der Waals surface area contributed by atoms with Crippen LogP contribution >= 0.6 is 11.8 Å². The van der Waals surface area contributed by atoms with Gasteiger partial charge in [-0.05, 0) is 5.92 Å². The molecule has 1 aliphatic rings. The van der Waals surface area contributed by atoms with E-state index in [2.05, 4.69) is 10.6 Å². The number of amides is 1. The summed E-state index contributed by atoms with van der Waals surface area (Å²) in [7, 11) is 0. The second-order valence-electron chi connectivity index (χ2n) is 3.61. The van der Waals surface area contributed by atoms with E-state index in [1.54, 1.807) is 11.8 Å². The van der Waals surface area contributed by atoms with Crippen LogP contribution in [0.4, 0.5) is 0 Å². The molecule has 14 heavy (non-hydrogen) atoms. The molecule has 4 nitrogen and oxygen atoms in total. The third-order valence-electron chi connectivity index (χ3n) is 2.17. The van der Waals surface area contributed by atoms with Crippen LogP contribution < -0.4 is 10.6 Å². The third kappa shape index (κ3) is 3.86. The average molecular weight is 218 g/mol. The Bertz CT molecular complexity index is 184. The SMILES string of the molecule is CC(CO)CNC(=O)C1CSCCN1. The minimum absolute atomic E-state index is 0.0532. The second-order valence-corrected chi connectivity index (χ2v) is 4.76. The topological polar surface area (TPSA) is 61.4 Å². The summed E-state index contributed by atoms with van der Waals surface area (Å²) in [6, 6.07) is -0.0559. The van der Waals surface area contributed by atoms with Gasteiger partial charge in [0.1, 0.15) is 0 Å². The van der Waals surface area contributed by atoms with Gasteiger partial charge >= 0.3 is 0 Å². The molecule has 1 amide bonds. The standard InChI is InChI=1S/C9H18N2O2S/c1-7(5-12)4-11-9(13)8-6-14-3-2-10-8/h7-8,10,12H,2-6H2,1H3,(H,11,13). The Morgan fingerprint density at radius 1 is 1.79 bits per heavy atom. The highest BCUT2D eigenvalue weighted by molar-refractivity contribution is 7.99. The van der Waals surface area contributed by atoms with E-state index in [9.17, 15) is 4.79 Å². The number of carbonyl (C=O) groups is 1. The molecule has 0 aliphatic carbocycles. The van der Waals surface area contributed by atoms with Crippen molar-refractivity contribution in [2.75, 3.05) is 31.2 Å². The highest BCUT2D eigenvalue weighted by atomic mass is 32.2. The largest absolute Gasteiger partial charge is 0.396 e. The Labute approximate surface area is 88.8 Å². The van der Waals surface area contributed by atoms with Crippen molar-refractivity contribution in [1.82, 2.24) is 10.6 Å². The quantitative estimate of drug-likeness (QED) is 0.592. The highest BCUT2D eigenvalue weighted by Crippen LogP contribution is 2.07. The Hall–Kier alpha value is -0.260. The monoisotopic (exact) mass is 218 g/mol. The van der Waals surface area contributed by atoms with Crippen molar-refractivity contribution < 1.29 is 9.90 Å². The first kappa shape index (κ1) is 11.8. The zero-order chi connectivity index (χ0) is 10.4. The average Bonchev–Trinajstić information content (AvgIpc) is 2.26. The number of rotatable bonds is 4. The predicted octanol–water partition coefficient (Wildman–Crippen LogP) is -0.564. The van der Waals surface area contributed by atoms with Crippen LogP contribution in [0.5, 0.6) is 0 Å². The minimum atomic E-state index is -0.0559. The van der Waals surface area contributed by atoms with Crippen molar-refractivity contribution in [3.8, 4) is 0 Å². The van der Waals surface area contributed by atoms with Crippen molar-refractivity contribution in [2.45, 2.75) is 13.0 Å². The summed E-state index contributed by atoms with van der Waals surface area (Å²) in [5.41, 5.74) is 0. The lowest BCUT2D eigenvalue weighted by atomic mass is 10.2. The van der Waals surface area contributed by atoms with Crippen LogP contribution in [0.2, 0.25) is 0 Å². The predicted molar refractivity (Wildman–Crippen MR) is 58.4 cm³/mol. The van der Waals surface area contributed by atoms with Gasteiger partial charge in [-0.1, -0.05) is 6.92 Å². The molecule has 1 rings (SSSR count). The van der Waals surface area contributed by atoms with E-state index < -0.39 is 0 Å². The van der Waals surface area contributed by atoms with Gasteiger partial charge < -0.3 is 15.7 Å². The summed E-state index contributed by atoms with van der Waals surface area (Å²) in [6.45, 7) is 3.48. The van der Waals surface area contributed by atoms with Crippen LogP contribution in [-0.2, 0) is 4.79 Å². The molecule has 5 heteroatoms. The van der Waals surface area contributed by atoms with Crippen LogP contribution in [0.25, 0.3) is 0 Å². The van der Waals surface area contributed by atoms with Gasteiger partial charge in [-0.3, -0.25) is 4.79 Å². The van der Waals surface area contributed by atoms with Crippen molar-refractivity contribution >= 4 is 17.7 Å². The Morgan fingerprint density at radius 3 is 3.14 bits per heavy atom. The van der Waals surface area contributed by atoms with E-state index in [1.807, 2.05) is 6.92 Å². The van der Waals surface area contributed by atoms with Crippen molar-refractivity contribution in [3.63, 3.8) is 0 Å². The van der Waals surface area contributed by atoms with Gasteiger partial charge in [0, 0.05) is 31.2 Å². The molecule has 0 aromatic carbocycles. The first-order chi connectivity index (χ1) is 6.74. The molecule has 0 aromatic heterocycles. The molecular weight excluding hydrogens is 200 g/mol. The molecule has 2 atom stereocenters. The van der Waals surface area contributed by atoms with E-state index >= 15 is 0 Å². The second kappa shape index (κ2) is 6.27. The molecule has 0 aromatic rings. The molecule has 0 bridgehead atoms. The fourth-order valence-electron chi connectivity index (χ4n) is 1.20. The summed E-state index contributed by atoms with van der Waals surface area (Å²) >= 11 is 1.80. The van der Waals surface area contributed by atoms with E-state index in [0.717, 1.165) is 18.1 Å². The lowest BCUT2D eigenvalue weighted by molar-refractivity contribution is -0.122. The lowest BCUT2D eigenvalue weighted by Gasteiger charge is -2.22. The van der Waals surface area contributed by atoms with Gasteiger partial charge in [-0.2, -0.15) is 11.8 Å². The van der Waals surface area contributed by atoms with Crippen molar-refractivity contribution in [3.05, 3.63) is 0 Å². The molecule has 2 unspecified atom stereocenters. The molecular formula is C9H18N2O2S. The molecule has 1 fully saturated rings. The van der Waals surface area contributed by atoms with Crippen molar-refractivity contribution in [1.29, 1.82) is 0 Å². The molecule has 3 N–H and O–H groups in total. The molecule has 1 aliphatic heterocycles. The van der Waals surface area contributed by atoms with Gasteiger partial charge in [0.15, 0.2) is 0 Å². The van der Waals surface area contributed by atoms with Crippen LogP contribution in [0.15, 0.2) is 0 Å². The molecule has 82 valence electrons. The fourth-order valence-corrected chi connectivity index (χ4v) is 2.13. The van der Waals surface area contributed by atoms with Crippen LogP contribution in [0.1, 0.15) is 6.92 Å². The van der Waals surface area contributed by atoms with Gasteiger partial charge in [-0.15, -0.1) is 0 Å². The number of nitrogens with one attached hydrogen (secondary N) is 2. The van der Waals surface area contributed by atoms with Crippen molar-refractivity contribution in [2.24, 2.45) is 5.92 Å². The maximum absolute atomic E-state index is 11.5. The number of carbonyl (C=O) groups excluding carboxylic acids is 1. The molecule has 1 saturated heterocycles. The zero-order valence-corrected chi connectivity index (χ0v) is 9.27. The Kier molecular flexibility index (Phi) is 5.29. The van der Waals surface area contributed by atoms with Crippen LogP contribution in [-0.4, -0.2) is 48.3 Å². The smallest absolute Gasteiger partial charge is 0.238 e. The van der Waals surface area contributed by atoms with Gasteiger partial charge in [0.05, 0.1) is 6.04 Å².